The van der Waals surface area contributed by atoms with E-state index in [1.165, 1.54) is 18.3 Å². The van der Waals surface area contributed by atoms with Crippen LogP contribution < -0.4 is 5.32 Å². The second-order valence-corrected chi connectivity index (χ2v) is 3.49. The first-order valence-electron chi connectivity index (χ1n) is 5.63. The SMILES string of the molecule is CCOC(=O)CCCNc1cc([N+](=O)[O-])ccn1. The Bertz CT molecular complexity index is 423. The van der Waals surface area contributed by atoms with E-state index >= 15 is 0 Å². The molecule has 0 aromatic carbocycles. The predicted molar refractivity (Wildman–Crippen MR) is 65.2 cm³/mol. The summed E-state index contributed by atoms with van der Waals surface area (Å²) in [7, 11) is 0. The van der Waals surface area contributed by atoms with E-state index in [0.29, 0.717) is 31.8 Å². The highest BCUT2D eigenvalue weighted by Gasteiger charge is 2.06. The number of aromatic nitrogens is 1. The topological polar surface area (TPSA) is 94.4 Å². The van der Waals surface area contributed by atoms with Crippen molar-refractivity contribution in [1.29, 1.82) is 0 Å². The quantitative estimate of drug-likeness (QED) is 0.344. The minimum atomic E-state index is -0.481. The van der Waals surface area contributed by atoms with Crippen LogP contribution in [0.3, 0.4) is 0 Å². The van der Waals surface area contributed by atoms with Crippen LogP contribution in [0.1, 0.15) is 19.8 Å². The molecule has 7 nitrogen and oxygen atoms in total. The van der Waals surface area contributed by atoms with E-state index in [2.05, 4.69) is 10.3 Å². The first kappa shape index (κ1) is 13.9. The second-order valence-electron chi connectivity index (χ2n) is 3.49. The summed E-state index contributed by atoms with van der Waals surface area (Å²) in [5.41, 5.74) is -0.0158. The summed E-state index contributed by atoms with van der Waals surface area (Å²) < 4.78 is 4.77. The van der Waals surface area contributed by atoms with Gasteiger partial charge in [0.25, 0.3) is 5.69 Å². The van der Waals surface area contributed by atoms with Gasteiger partial charge in [0.1, 0.15) is 5.82 Å². The molecule has 0 aliphatic heterocycles. The van der Waals surface area contributed by atoms with Gasteiger partial charge in [-0.2, -0.15) is 0 Å². The number of nitrogens with zero attached hydrogens (tertiary/aromatic N) is 2. The van der Waals surface area contributed by atoms with Crippen molar-refractivity contribution in [1.82, 2.24) is 4.98 Å². The van der Waals surface area contributed by atoms with Crippen LogP contribution in [-0.4, -0.2) is 29.0 Å². The zero-order valence-electron chi connectivity index (χ0n) is 10.1. The fraction of sp³-hybridized carbons (Fsp3) is 0.455. The third-order valence-electron chi connectivity index (χ3n) is 2.12. The van der Waals surface area contributed by atoms with Crippen LogP contribution in [0, 0.1) is 10.1 Å². The highest BCUT2D eigenvalue weighted by Crippen LogP contribution is 2.13. The van der Waals surface area contributed by atoms with Gasteiger partial charge < -0.3 is 10.1 Å². The van der Waals surface area contributed by atoms with Crippen molar-refractivity contribution in [2.45, 2.75) is 19.8 Å². The van der Waals surface area contributed by atoms with Crippen LogP contribution in [-0.2, 0) is 9.53 Å². The fourth-order valence-electron chi connectivity index (χ4n) is 1.31. The van der Waals surface area contributed by atoms with Gasteiger partial charge >= 0.3 is 5.97 Å². The van der Waals surface area contributed by atoms with Crippen molar-refractivity contribution in [3.05, 3.63) is 28.4 Å². The van der Waals surface area contributed by atoms with Crippen molar-refractivity contribution >= 4 is 17.5 Å². The summed E-state index contributed by atoms with van der Waals surface area (Å²) in [5.74, 6) is 0.180. The van der Waals surface area contributed by atoms with Gasteiger partial charge in [-0.15, -0.1) is 0 Å². The van der Waals surface area contributed by atoms with Gasteiger partial charge in [-0.05, 0) is 13.3 Å². The van der Waals surface area contributed by atoms with E-state index in [9.17, 15) is 14.9 Å². The van der Waals surface area contributed by atoms with Crippen molar-refractivity contribution < 1.29 is 14.5 Å². The molecule has 0 aliphatic carbocycles. The molecule has 1 aromatic heterocycles. The second kappa shape index (κ2) is 7.21. The number of carbonyl (C=O) groups is 1. The maximum atomic E-state index is 11.0. The molecule has 1 rings (SSSR count). The molecule has 0 fully saturated rings. The molecule has 0 saturated carbocycles. The van der Waals surface area contributed by atoms with Gasteiger partial charge in [0.2, 0.25) is 0 Å². The summed E-state index contributed by atoms with van der Waals surface area (Å²) in [5, 5.41) is 13.4. The highest BCUT2D eigenvalue weighted by atomic mass is 16.6. The lowest BCUT2D eigenvalue weighted by atomic mass is 10.3. The van der Waals surface area contributed by atoms with Crippen LogP contribution in [0.2, 0.25) is 0 Å². The normalized spacial score (nSPS) is 9.83. The summed E-state index contributed by atoms with van der Waals surface area (Å²) in [6, 6.07) is 2.67. The summed E-state index contributed by atoms with van der Waals surface area (Å²) in [4.78, 5) is 25.0. The molecular formula is C11H15N3O4. The molecule has 0 atom stereocenters. The first-order valence-corrected chi connectivity index (χ1v) is 5.63. The number of pyridine rings is 1. The Morgan fingerprint density at radius 2 is 2.39 bits per heavy atom. The van der Waals surface area contributed by atoms with E-state index < -0.39 is 4.92 Å². The predicted octanol–water partition coefficient (Wildman–Crippen LogP) is 1.74. The van der Waals surface area contributed by atoms with E-state index in [1.807, 2.05) is 0 Å². The van der Waals surface area contributed by atoms with Crippen LogP contribution in [0.25, 0.3) is 0 Å². The smallest absolute Gasteiger partial charge is 0.305 e. The highest BCUT2D eigenvalue weighted by molar-refractivity contribution is 5.69. The molecule has 1 heterocycles. The lowest BCUT2D eigenvalue weighted by Gasteiger charge is -2.05. The molecule has 0 saturated heterocycles. The lowest BCUT2D eigenvalue weighted by Crippen LogP contribution is -2.08. The van der Waals surface area contributed by atoms with Gasteiger partial charge in [0, 0.05) is 25.2 Å². The van der Waals surface area contributed by atoms with E-state index in [-0.39, 0.29) is 11.7 Å². The molecule has 0 amide bonds. The first-order chi connectivity index (χ1) is 8.63. The van der Waals surface area contributed by atoms with Crippen molar-refractivity contribution in [3.63, 3.8) is 0 Å². The summed E-state index contributed by atoms with van der Waals surface area (Å²) >= 11 is 0. The Balaban J connectivity index is 2.33. The zero-order chi connectivity index (χ0) is 13.4. The Morgan fingerprint density at radius 1 is 1.61 bits per heavy atom. The number of nitro groups is 1. The average Bonchev–Trinajstić information content (AvgIpc) is 2.35. The van der Waals surface area contributed by atoms with Gasteiger partial charge in [-0.25, -0.2) is 4.98 Å². The van der Waals surface area contributed by atoms with Crippen LogP contribution >= 0.6 is 0 Å². The van der Waals surface area contributed by atoms with E-state index in [4.69, 9.17) is 4.74 Å². The maximum Gasteiger partial charge on any atom is 0.305 e. The number of hydrogen-bond donors (Lipinski definition) is 1. The minimum absolute atomic E-state index is 0.0158. The Morgan fingerprint density at radius 3 is 3.06 bits per heavy atom. The van der Waals surface area contributed by atoms with Gasteiger partial charge in [0.15, 0.2) is 0 Å². The number of hydrogen-bond acceptors (Lipinski definition) is 6. The third-order valence-corrected chi connectivity index (χ3v) is 2.12. The molecule has 0 unspecified atom stereocenters. The molecule has 7 heteroatoms. The average molecular weight is 253 g/mol. The van der Waals surface area contributed by atoms with Crippen molar-refractivity contribution in [2.75, 3.05) is 18.5 Å². The molecule has 0 bridgehead atoms. The summed E-state index contributed by atoms with van der Waals surface area (Å²) in [6.45, 7) is 2.63. The number of carbonyl (C=O) groups excluding carboxylic acids is 1. The van der Waals surface area contributed by atoms with Gasteiger partial charge in [0.05, 0.1) is 17.6 Å². The van der Waals surface area contributed by atoms with Crippen LogP contribution in [0.15, 0.2) is 18.3 Å². The van der Waals surface area contributed by atoms with Crippen molar-refractivity contribution in [3.8, 4) is 0 Å². The lowest BCUT2D eigenvalue weighted by molar-refractivity contribution is -0.384. The number of anilines is 1. The monoisotopic (exact) mass is 253 g/mol. The molecule has 1 N–H and O–H groups in total. The Hall–Kier alpha value is -2.18. The van der Waals surface area contributed by atoms with Crippen molar-refractivity contribution in [2.24, 2.45) is 0 Å². The number of esters is 1. The van der Waals surface area contributed by atoms with E-state index in [1.54, 1.807) is 6.92 Å². The zero-order valence-corrected chi connectivity index (χ0v) is 10.1. The maximum absolute atomic E-state index is 11.0. The molecule has 0 radical (unpaired) electrons. The Kier molecular flexibility index (Phi) is 5.56. The number of ether oxygens (including phenoxy) is 1. The van der Waals surface area contributed by atoms with Crippen LogP contribution in [0.4, 0.5) is 11.5 Å². The van der Waals surface area contributed by atoms with Gasteiger partial charge in [-0.1, -0.05) is 0 Å². The molecule has 18 heavy (non-hydrogen) atoms. The fourth-order valence-corrected chi connectivity index (χ4v) is 1.31. The Labute approximate surface area is 104 Å². The number of rotatable bonds is 7. The standard InChI is InChI=1S/C11H15N3O4/c1-2-18-11(15)4-3-6-12-10-8-9(14(16)17)5-7-13-10/h5,7-8H,2-4,6H2,1H3,(H,12,13). The third kappa shape index (κ3) is 4.77. The molecule has 0 spiro atoms. The molecular weight excluding hydrogens is 238 g/mol. The molecule has 0 aliphatic rings. The van der Waals surface area contributed by atoms with E-state index in [0.717, 1.165) is 0 Å². The summed E-state index contributed by atoms with van der Waals surface area (Å²) in [6.07, 6.45) is 2.27. The van der Waals surface area contributed by atoms with Crippen LogP contribution in [0.5, 0.6) is 0 Å². The minimum Gasteiger partial charge on any atom is -0.466 e. The molecule has 1 aromatic rings. The van der Waals surface area contributed by atoms with Gasteiger partial charge in [-0.3, -0.25) is 14.9 Å². The number of nitrogens with one attached hydrogen (secondary N) is 1. The largest absolute Gasteiger partial charge is 0.466 e. The molecule has 98 valence electrons.